The summed E-state index contributed by atoms with van der Waals surface area (Å²) in [6.45, 7) is 1.70. The van der Waals surface area contributed by atoms with Crippen LogP contribution in [0.2, 0.25) is 0 Å². The molecule has 2 amide bonds. The number of benzene rings is 1. The largest absolute Gasteiger partial charge is 0.493 e. The Balaban J connectivity index is 1.78. The number of hydrogen-bond donors (Lipinski definition) is 2. The maximum Gasteiger partial charge on any atom is 0.344 e. The quantitative estimate of drug-likeness (QED) is 0.441. The Morgan fingerprint density at radius 2 is 2.00 bits per heavy atom. The number of hydrogen-bond acceptors (Lipinski definition) is 8. The van der Waals surface area contributed by atoms with Gasteiger partial charge in [0.05, 0.1) is 12.0 Å². The highest BCUT2D eigenvalue weighted by Gasteiger charge is 2.34. The summed E-state index contributed by atoms with van der Waals surface area (Å²) in [6.07, 6.45) is 3.82. The third-order valence-electron chi connectivity index (χ3n) is 4.35. The van der Waals surface area contributed by atoms with E-state index in [9.17, 15) is 19.5 Å². The van der Waals surface area contributed by atoms with Crippen LogP contribution in [0.1, 0.15) is 29.3 Å². The van der Waals surface area contributed by atoms with E-state index in [1.54, 1.807) is 31.2 Å². The van der Waals surface area contributed by atoms with Crippen LogP contribution in [0.4, 0.5) is 0 Å². The molecule has 11 heteroatoms. The minimum absolute atomic E-state index is 0.183. The number of carboxylic acids is 1. The van der Waals surface area contributed by atoms with Gasteiger partial charge < -0.3 is 14.6 Å². The summed E-state index contributed by atoms with van der Waals surface area (Å²) in [6, 6.07) is 7.89. The molecular weight excluding hydrogens is 454 g/mol. The van der Waals surface area contributed by atoms with Crippen molar-refractivity contribution in [2.45, 2.75) is 19.4 Å². The first kappa shape index (κ1) is 23.2. The van der Waals surface area contributed by atoms with Crippen molar-refractivity contribution in [2.24, 2.45) is 0 Å². The van der Waals surface area contributed by atoms with Crippen LogP contribution < -0.4 is 14.9 Å². The van der Waals surface area contributed by atoms with Gasteiger partial charge in [0.25, 0.3) is 11.8 Å². The van der Waals surface area contributed by atoms with E-state index in [1.165, 1.54) is 31.6 Å². The van der Waals surface area contributed by atoms with E-state index in [4.69, 9.17) is 21.7 Å². The number of thiocarbonyl (C=S) groups is 1. The molecular formula is C21H19N3O6S2. The number of carbonyl (C=O) groups is 3. The normalized spacial score (nSPS) is 15.6. The third kappa shape index (κ3) is 5.24. The van der Waals surface area contributed by atoms with Crippen LogP contribution in [0.25, 0.3) is 6.08 Å². The molecule has 1 aromatic heterocycles. The lowest BCUT2D eigenvalue weighted by molar-refractivity contribution is -0.145. The van der Waals surface area contributed by atoms with Gasteiger partial charge in [-0.05, 0) is 54.5 Å². The molecule has 1 aliphatic rings. The van der Waals surface area contributed by atoms with Crippen molar-refractivity contribution in [1.82, 2.24) is 15.4 Å². The zero-order valence-electron chi connectivity index (χ0n) is 17.1. The number of ether oxygens (including phenoxy) is 2. The van der Waals surface area contributed by atoms with Crippen LogP contribution in [-0.4, -0.2) is 50.4 Å². The zero-order valence-corrected chi connectivity index (χ0v) is 18.7. The molecule has 1 saturated heterocycles. The maximum absolute atomic E-state index is 12.8. The van der Waals surface area contributed by atoms with Gasteiger partial charge in [0.1, 0.15) is 0 Å². The first-order chi connectivity index (χ1) is 15.3. The van der Waals surface area contributed by atoms with Crippen LogP contribution >= 0.6 is 24.0 Å². The molecule has 0 bridgehead atoms. The lowest BCUT2D eigenvalue weighted by Crippen LogP contribution is -2.44. The molecule has 2 aromatic rings. The van der Waals surface area contributed by atoms with Crippen molar-refractivity contribution >= 4 is 52.2 Å². The molecule has 1 aromatic carbocycles. The molecule has 166 valence electrons. The van der Waals surface area contributed by atoms with Gasteiger partial charge in [0.2, 0.25) is 0 Å². The summed E-state index contributed by atoms with van der Waals surface area (Å²) in [7, 11) is 1.43. The lowest BCUT2D eigenvalue weighted by atomic mass is 10.1. The summed E-state index contributed by atoms with van der Waals surface area (Å²) < 4.78 is 11.0. The Hall–Kier alpha value is -3.44. The predicted molar refractivity (Wildman–Crippen MR) is 122 cm³/mol. The number of nitrogens with zero attached hydrogens (tertiary/aromatic N) is 2. The maximum atomic E-state index is 12.8. The van der Waals surface area contributed by atoms with E-state index in [0.29, 0.717) is 21.8 Å². The third-order valence-corrected chi connectivity index (χ3v) is 5.65. The number of carboxylic acid groups (broad SMARTS) is 1. The minimum Gasteiger partial charge on any atom is -0.493 e. The van der Waals surface area contributed by atoms with Gasteiger partial charge in [-0.2, -0.15) is 5.01 Å². The number of amides is 2. The van der Waals surface area contributed by atoms with Crippen molar-refractivity contribution in [3.8, 4) is 11.5 Å². The molecule has 2 heterocycles. The smallest absolute Gasteiger partial charge is 0.344 e. The zero-order chi connectivity index (χ0) is 23.3. The number of aromatic nitrogens is 1. The fraction of sp³-hybridized carbons (Fsp3) is 0.190. The van der Waals surface area contributed by atoms with E-state index in [-0.39, 0.29) is 16.5 Å². The molecule has 1 atom stereocenters. The number of aliphatic carboxylic acids is 1. The second kappa shape index (κ2) is 10.2. The average Bonchev–Trinajstić information content (AvgIpc) is 3.05. The molecule has 0 aliphatic carbocycles. The number of nitrogens with one attached hydrogen (secondary N) is 1. The average molecular weight is 474 g/mol. The van der Waals surface area contributed by atoms with E-state index >= 15 is 0 Å². The van der Waals surface area contributed by atoms with Crippen molar-refractivity contribution in [2.75, 3.05) is 7.11 Å². The van der Waals surface area contributed by atoms with E-state index in [0.717, 1.165) is 16.8 Å². The first-order valence-electron chi connectivity index (χ1n) is 9.40. The highest BCUT2D eigenvalue weighted by atomic mass is 32.2. The highest BCUT2D eigenvalue weighted by molar-refractivity contribution is 8.26. The van der Waals surface area contributed by atoms with Gasteiger partial charge >= 0.3 is 5.97 Å². The van der Waals surface area contributed by atoms with Crippen LogP contribution in [0.3, 0.4) is 0 Å². The molecule has 0 radical (unpaired) electrons. The summed E-state index contributed by atoms with van der Waals surface area (Å²) in [5, 5.41) is 10.2. The van der Waals surface area contributed by atoms with Crippen molar-refractivity contribution in [1.29, 1.82) is 0 Å². The van der Waals surface area contributed by atoms with Crippen LogP contribution in [-0.2, 0) is 9.59 Å². The molecule has 3 rings (SSSR count). The molecule has 1 fully saturated rings. The van der Waals surface area contributed by atoms with Crippen molar-refractivity contribution in [3.05, 3.63) is 58.8 Å². The predicted octanol–water partition coefficient (Wildman–Crippen LogP) is 2.88. The molecule has 9 nitrogen and oxygen atoms in total. The van der Waals surface area contributed by atoms with Crippen molar-refractivity contribution in [3.63, 3.8) is 0 Å². The number of thioether (sulfide) groups is 1. The number of rotatable bonds is 8. The Morgan fingerprint density at radius 1 is 1.28 bits per heavy atom. The summed E-state index contributed by atoms with van der Waals surface area (Å²) >= 11 is 6.28. The van der Waals surface area contributed by atoms with Gasteiger partial charge in [0.15, 0.2) is 21.9 Å². The van der Waals surface area contributed by atoms with Gasteiger partial charge in [-0.1, -0.05) is 24.8 Å². The Morgan fingerprint density at radius 3 is 2.62 bits per heavy atom. The van der Waals surface area contributed by atoms with Crippen LogP contribution in [0, 0.1) is 0 Å². The van der Waals surface area contributed by atoms with Gasteiger partial charge in [-0.25, -0.2) is 4.79 Å². The SMILES string of the molecule is CCC(Oc1ccc(/C=C2/SC(=S)N(NC(=O)c3ccncc3)C2=O)cc1OC)C(=O)O. The van der Waals surface area contributed by atoms with E-state index in [1.807, 2.05) is 0 Å². The van der Waals surface area contributed by atoms with Crippen LogP contribution in [0.15, 0.2) is 47.6 Å². The highest BCUT2D eigenvalue weighted by Crippen LogP contribution is 2.34. The molecule has 1 unspecified atom stereocenters. The van der Waals surface area contributed by atoms with Gasteiger partial charge in [-0.15, -0.1) is 0 Å². The Bertz CT molecular complexity index is 1090. The fourth-order valence-electron chi connectivity index (χ4n) is 2.72. The lowest BCUT2D eigenvalue weighted by Gasteiger charge is -2.16. The Kier molecular flexibility index (Phi) is 7.44. The summed E-state index contributed by atoms with van der Waals surface area (Å²) in [5.41, 5.74) is 3.44. The van der Waals surface area contributed by atoms with E-state index in [2.05, 4.69) is 10.4 Å². The van der Waals surface area contributed by atoms with Crippen LogP contribution in [0.5, 0.6) is 11.5 Å². The summed E-state index contributed by atoms with van der Waals surface area (Å²) in [4.78, 5) is 40.5. The number of carbonyl (C=O) groups excluding carboxylic acids is 2. The second-order valence-electron chi connectivity index (χ2n) is 6.46. The molecule has 32 heavy (non-hydrogen) atoms. The first-order valence-corrected chi connectivity index (χ1v) is 10.6. The molecule has 0 spiro atoms. The monoisotopic (exact) mass is 473 g/mol. The summed E-state index contributed by atoms with van der Waals surface area (Å²) in [5.74, 6) is -1.44. The number of hydrazine groups is 1. The minimum atomic E-state index is -1.07. The molecule has 0 saturated carbocycles. The standard InChI is InChI=1S/C21H19N3O6S2/c1-3-14(20(27)28)30-15-5-4-12(10-16(15)29-2)11-17-19(26)24(21(31)32-17)23-18(25)13-6-8-22-9-7-13/h4-11,14H,3H2,1-2H3,(H,23,25)(H,27,28)/b17-11+. The molecule has 1 aliphatic heterocycles. The Labute approximate surface area is 193 Å². The van der Waals surface area contributed by atoms with Crippen molar-refractivity contribution < 1.29 is 29.0 Å². The number of methoxy groups -OCH3 is 1. The fourth-order valence-corrected chi connectivity index (χ4v) is 3.90. The van der Waals surface area contributed by atoms with Gasteiger partial charge in [-0.3, -0.25) is 20.0 Å². The van der Waals surface area contributed by atoms with E-state index < -0.39 is 23.9 Å². The topological polar surface area (TPSA) is 118 Å². The molecule has 2 N–H and O–H groups in total. The second-order valence-corrected chi connectivity index (χ2v) is 8.13. The van der Waals surface area contributed by atoms with Gasteiger partial charge in [0, 0.05) is 18.0 Å². The number of pyridine rings is 1.